The SMILES string of the molecule is C#Cc1cccc([SiH2]c2ccccc2)c1. The lowest BCUT2D eigenvalue weighted by molar-refractivity contribution is 1.69. The number of terminal acetylenes is 1. The van der Waals surface area contributed by atoms with Gasteiger partial charge >= 0.3 is 0 Å². The van der Waals surface area contributed by atoms with E-state index >= 15 is 0 Å². The van der Waals surface area contributed by atoms with Gasteiger partial charge in [0, 0.05) is 5.56 Å². The van der Waals surface area contributed by atoms with Crippen molar-refractivity contribution < 1.29 is 0 Å². The molecule has 0 fully saturated rings. The van der Waals surface area contributed by atoms with E-state index in [1.54, 1.807) is 0 Å². The van der Waals surface area contributed by atoms with E-state index in [4.69, 9.17) is 6.42 Å². The minimum atomic E-state index is -0.360. The second-order valence-corrected chi connectivity index (χ2v) is 5.49. The molecule has 0 aromatic heterocycles. The summed E-state index contributed by atoms with van der Waals surface area (Å²) in [4.78, 5) is 0. The largest absolute Gasteiger partial charge is 0.115 e. The van der Waals surface area contributed by atoms with Gasteiger partial charge in [0.2, 0.25) is 0 Å². The Hall–Kier alpha value is -1.78. The van der Waals surface area contributed by atoms with Crippen LogP contribution < -0.4 is 10.4 Å². The number of benzene rings is 2. The first-order valence-electron chi connectivity index (χ1n) is 4.98. The van der Waals surface area contributed by atoms with Crippen molar-refractivity contribution in [3.8, 4) is 12.3 Å². The second-order valence-electron chi connectivity index (χ2n) is 3.51. The topological polar surface area (TPSA) is 0 Å². The van der Waals surface area contributed by atoms with Crippen LogP contribution in [0, 0.1) is 12.3 Å². The van der Waals surface area contributed by atoms with Crippen molar-refractivity contribution in [1.82, 2.24) is 0 Å². The van der Waals surface area contributed by atoms with Crippen LogP contribution in [0.3, 0.4) is 0 Å². The minimum absolute atomic E-state index is 0.360. The van der Waals surface area contributed by atoms with E-state index < -0.39 is 0 Å². The Labute approximate surface area is 92.8 Å². The molecule has 0 amide bonds. The van der Waals surface area contributed by atoms with Crippen molar-refractivity contribution in [3.63, 3.8) is 0 Å². The van der Waals surface area contributed by atoms with Crippen LogP contribution in [0.25, 0.3) is 0 Å². The highest BCUT2D eigenvalue weighted by Crippen LogP contribution is 1.93. The fourth-order valence-corrected chi connectivity index (χ4v) is 3.16. The minimum Gasteiger partial charge on any atom is -0.115 e. The van der Waals surface area contributed by atoms with Gasteiger partial charge in [-0.05, 0) is 12.1 Å². The smallest absolute Gasteiger partial charge is 0.0875 e. The molecule has 0 aliphatic rings. The van der Waals surface area contributed by atoms with Gasteiger partial charge in [0.15, 0.2) is 0 Å². The number of hydrogen-bond donors (Lipinski definition) is 0. The van der Waals surface area contributed by atoms with E-state index in [-0.39, 0.29) is 9.52 Å². The van der Waals surface area contributed by atoms with Crippen LogP contribution in [0.15, 0.2) is 54.6 Å². The summed E-state index contributed by atoms with van der Waals surface area (Å²) in [5.41, 5.74) is 0.982. The summed E-state index contributed by atoms with van der Waals surface area (Å²) in [6.07, 6.45) is 5.38. The molecule has 0 unspecified atom stereocenters. The summed E-state index contributed by atoms with van der Waals surface area (Å²) in [6, 6.07) is 18.9. The summed E-state index contributed by atoms with van der Waals surface area (Å²) >= 11 is 0. The third-order valence-electron chi connectivity index (χ3n) is 2.34. The molecule has 0 radical (unpaired) electrons. The van der Waals surface area contributed by atoms with Gasteiger partial charge in [-0.3, -0.25) is 0 Å². The lowest BCUT2D eigenvalue weighted by atomic mass is 10.2. The Morgan fingerprint density at radius 1 is 0.867 bits per heavy atom. The molecule has 0 aliphatic heterocycles. The molecule has 0 heterocycles. The quantitative estimate of drug-likeness (QED) is 0.505. The molecule has 2 aromatic carbocycles. The third kappa shape index (κ3) is 2.58. The van der Waals surface area contributed by atoms with Gasteiger partial charge in [-0.2, -0.15) is 0 Å². The van der Waals surface area contributed by atoms with Crippen LogP contribution >= 0.6 is 0 Å². The van der Waals surface area contributed by atoms with E-state index in [1.165, 1.54) is 10.4 Å². The normalized spacial score (nSPS) is 10.3. The van der Waals surface area contributed by atoms with Crippen LogP contribution in [0.4, 0.5) is 0 Å². The number of hydrogen-bond acceptors (Lipinski definition) is 0. The Bertz CT molecular complexity index is 480. The van der Waals surface area contributed by atoms with Crippen molar-refractivity contribution in [1.29, 1.82) is 0 Å². The molecule has 1 heteroatoms. The van der Waals surface area contributed by atoms with Crippen LogP contribution in [0.5, 0.6) is 0 Å². The monoisotopic (exact) mass is 208 g/mol. The molecule has 0 N–H and O–H groups in total. The van der Waals surface area contributed by atoms with Crippen LogP contribution in [-0.2, 0) is 0 Å². The molecule has 0 spiro atoms. The molecule has 0 nitrogen and oxygen atoms in total. The van der Waals surface area contributed by atoms with Gasteiger partial charge in [-0.1, -0.05) is 58.8 Å². The predicted molar refractivity (Wildman–Crippen MR) is 68.6 cm³/mol. The van der Waals surface area contributed by atoms with E-state index in [1.807, 2.05) is 12.1 Å². The highest BCUT2D eigenvalue weighted by molar-refractivity contribution is 6.67. The van der Waals surface area contributed by atoms with E-state index in [2.05, 4.69) is 48.4 Å². The van der Waals surface area contributed by atoms with Crippen molar-refractivity contribution in [2.75, 3.05) is 0 Å². The molecule has 2 rings (SSSR count). The van der Waals surface area contributed by atoms with Crippen molar-refractivity contribution in [2.24, 2.45) is 0 Å². The lowest BCUT2D eigenvalue weighted by Gasteiger charge is -2.01. The average Bonchev–Trinajstić information content (AvgIpc) is 2.31. The van der Waals surface area contributed by atoms with E-state index in [0.717, 1.165) is 5.56 Å². The zero-order valence-electron chi connectivity index (χ0n) is 8.48. The maximum atomic E-state index is 5.38. The van der Waals surface area contributed by atoms with E-state index in [0.29, 0.717) is 0 Å². The fraction of sp³-hybridized carbons (Fsp3) is 0. The molecule has 0 saturated heterocycles. The average molecular weight is 208 g/mol. The van der Waals surface area contributed by atoms with Gasteiger partial charge in [0.05, 0.1) is 9.52 Å². The Balaban J connectivity index is 2.22. The van der Waals surface area contributed by atoms with Crippen LogP contribution in [-0.4, -0.2) is 9.52 Å². The number of rotatable bonds is 2. The molecule has 0 aliphatic carbocycles. The highest BCUT2D eigenvalue weighted by atomic mass is 28.2. The first kappa shape index (κ1) is 9.76. The van der Waals surface area contributed by atoms with Crippen molar-refractivity contribution in [2.45, 2.75) is 0 Å². The van der Waals surface area contributed by atoms with Crippen LogP contribution in [0.2, 0.25) is 0 Å². The van der Waals surface area contributed by atoms with Gasteiger partial charge in [-0.25, -0.2) is 0 Å². The molecule has 0 bridgehead atoms. The fourth-order valence-electron chi connectivity index (χ4n) is 1.60. The molecular formula is C14H12Si. The maximum absolute atomic E-state index is 5.38. The highest BCUT2D eigenvalue weighted by Gasteiger charge is 1.96. The maximum Gasteiger partial charge on any atom is 0.0875 e. The van der Waals surface area contributed by atoms with E-state index in [9.17, 15) is 0 Å². The van der Waals surface area contributed by atoms with Gasteiger partial charge < -0.3 is 0 Å². The molecule has 2 aromatic rings. The molecule has 0 atom stereocenters. The Morgan fingerprint density at radius 3 is 2.33 bits per heavy atom. The zero-order valence-corrected chi connectivity index (χ0v) is 9.89. The standard InChI is InChI=1S/C14H12Si/c1-2-12-7-6-10-14(11-12)15-13-8-4-3-5-9-13/h1,3-11H,15H2. The summed E-state index contributed by atoms with van der Waals surface area (Å²) in [5, 5.41) is 2.85. The molecular weight excluding hydrogens is 196 g/mol. The zero-order chi connectivity index (χ0) is 10.5. The third-order valence-corrected chi connectivity index (χ3v) is 4.07. The first-order valence-corrected chi connectivity index (χ1v) is 6.39. The van der Waals surface area contributed by atoms with Gasteiger partial charge in [0.1, 0.15) is 0 Å². The summed E-state index contributed by atoms with van der Waals surface area (Å²) in [7, 11) is -0.360. The molecule has 72 valence electrons. The van der Waals surface area contributed by atoms with Gasteiger partial charge in [-0.15, -0.1) is 6.42 Å². The predicted octanol–water partition coefficient (Wildman–Crippen LogP) is 0.787. The molecule has 0 saturated carbocycles. The molecule has 15 heavy (non-hydrogen) atoms. The first-order chi connectivity index (χ1) is 7.38. The second kappa shape index (κ2) is 4.63. The Kier molecular flexibility index (Phi) is 3.01. The van der Waals surface area contributed by atoms with Crippen molar-refractivity contribution in [3.05, 3.63) is 60.2 Å². The summed E-state index contributed by atoms with van der Waals surface area (Å²) in [5.74, 6) is 2.68. The Morgan fingerprint density at radius 2 is 1.60 bits per heavy atom. The van der Waals surface area contributed by atoms with Gasteiger partial charge in [0.25, 0.3) is 0 Å². The van der Waals surface area contributed by atoms with Crippen LogP contribution in [0.1, 0.15) is 5.56 Å². The summed E-state index contributed by atoms with van der Waals surface area (Å²) < 4.78 is 0. The lowest BCUT2D eigenvalue weighted by Crippen LogP contribution is -2.26. The summed E-state index contributed by atoms with van der Waals surface area (Å²) in [6.45, 7) is 0. The van der Waals surface area contributed by atoms with Crippen molar-refractivity contribution >= 4 is 19.9 Å².